The average molecular weight is 774 g/mol. The van der Waals surface area contributed by atoms with Crippen molar-refractivity contribution in [2.45, 2.75) is 118 Å². The third kappa shape index (κ3) is 7.24. The molecule has 0 N–H and O–H groups in total. The Morgan fingerprint density at radius 2 is 1.73 bits per heavy atom. The lowest BCUT2D eigenvalue weighted by atomic mass is 9.47. The lowest BCUT2D eigenvalue weighted by molar-refractivity contribution is -0.153. The number of aryl methyl sites for hydroxylation is 1. The van der Waals surface area contributed by atoms with Gasteiger partial charge in [0.1, 0.15) is 28.9 Å². The van der Waals surface area contributed by atoms with Crippen molar-refractivity contribution < 1.29 is 23.4 Å². The number of rotatable bonds is 11. The van der Waals surface area contributed by atoms with E-state index in [4.69, 9.17) is 18.6 Å². The largest absolute Gasteiger partial charge is 0.482 e. The summed E-state index contributed by atoms with van der Waals surface area (Å²) in [5, 5.41) is 0.378. The molecule has 52 heavy (non-hydrogen) atoms. The normalized spacial score (nSPS) is 30.2. The van der Waals surface area contributed by atoms with Gasteiger partial charge in [0.05, 0.1) is 5.39 Å². The van der Waals surface area contributed by atoms with Gasteiger partial charge in [-0.25, -0.2) is 4.79 Å². The van der Waals surface area contributed by atoms with E-state index in [1.165, 1.54) is 56.9 Å². The van der Waals surface area contributed by atoms with E-state index in [9.17, 15) is 9.59 Å². The number of benzene rings is 2. The van der Waals surface area contributed by atoms with Gasteiger partial charge in [0, 0.05) is 17.0 Å². The molecule has 0 amide bonds. The summed E-state index contributed by atoms with van der Waals surface area (Å²) in [6, 6.07) is 12.2. The molecule has 6 nitrogen and oxygen atoms in total. The number of ether oxygens (including phenoxy) is 3. The zero-order valence-corrected chi connectivity index (χ0v) is 33.6. The molecule has 0 unspecified atom stereocenters. The summed E-state index contributed by atoms with van der Waals surface area (Å²) < 4.78 is 24.6. The smallest absolute Gasteiger partial charge is 0.344 e. The monoisotopic (exact) mass is 772 g/mol. The van der Waals surface area contributed by atoms with Crippen molar-refractivity contribution in [2.24, 2.45) is 46.3 Å². The van der Waals surface area contributed by atoms with Crippen molar-refractivity contribution >= 4 is 32.9 Å². The Labute approximate surface area is 318 Å². The number of hydrogen-bond donors (Lipinski definition) is 0. The summed E-state index contributed by atoms with van der Waals surface area (Å²) in [5.74, 6) is 5.98. The molecule has 1 heterocycles. The molecule has 2 aromatic carbocycles. The number of carbonyl (C=O) groups is 1. The fraction of sp³-hybridized carbons (Fsp3) is 0.600. The van der Waals surface area contributed by atoms with Crippen molar-refractivity contribution in [1.29, 1.82) is 0 Å². The quantitative estimate of drug-likeness (QED) is 0.143. The van der Waals surface area contributed by atoms with E-state index in [0.717, 1.165) is 59.2 Å². The van der Waals surface area contributed by atoms with Gasteiger partial charge in [-0.05, 0) is 135 Å². The molecule has 0 radical (unpaired) electrons. The molecule has 3 saturated carbocycles. The molecular formula is C45H57BrO6. The highest BCUT2D eigenvalue weighted by molar-refractivity contribution is 9.10. The molecule has 0 saturated heterocycles. The summed E-state index contributed by atoms with van der Waals surface area (Å²) >= 11 is 3.41. The van der Waals surface area contributed by atoms with Crippen LogP contribution in [-0.4, -0.2) is 18.7 Å². The summed E-state index contributed by atoms with van der Waals surface area (Å²) in [6.45, 7) is 13.9. The molecule has 280 valence electrons. The lowest BCUT2D eigenvalue weighted by Crippen LogP contribution is -2.51. The molecule has 7 heteroatoms. The van der Waals surface area contributed by atoms with Crippen LogP contribution in [0.3, 0.4) is 0 Å². The Hall–Kier alpha value is -3.06. The van der Waals surface area contributed by atoms with Crippen molar-refractivity contribution in [3.05, 3.63) is 74.6 Å². The van der Waals surface area contributed by atoms with Gasteiger partial charge in [0.25, 0.3) is 0 Å². The molecule has 7 rings (SSSR count). The minimum absolute atomic E-state index is 0.121. The highest BCUT2D eigenvalue weighted by Crippen LogP contribution is 2.67. The molecule has 0 bridgehead atoms. The van der Waals surface area contributed by atoms with Gasteiger partial charge in [-0.3, -0.25) is 4.79 Å². The van der Waals surface area contributed by atoms with Crippen molar-refractivity contribution in [1.82, 2.24) is 0 Å². The SMILES string of the molecule is Cc1oc2cc(OCC(=O)O[C@@H]3CC[C@]4(C)C(=CC[C@H]5[C@H]6CC[C@@H]([C@H](C)CCCC(C)C)[C@@]6(C)CC[C@@H]54)C3)ccc2c(=O)c1Oc1ccc(Br)cc1. The predicted octanol–water partition coefficient (Wildman–Crippen LogP) is 12.0. The van der Waals surface area contributed by atoms with E-state index in [-0.39, 0.29) is 35.3 Å². The number of carbonyl (C=O) groups excluding carboxylic acids is 1. The summed E-state index contributed by atoms with van der Waals surface area (Å²) in [7, 11) is 0. The fourth-order valence-electron chi connectivity index (χ4n) is 11.2. The Kier molecular flexibility index (Phi) is 10.7. The first-order valence-corrected chi connectivity index (χ1v) is 20.7. The van der Waals surface area contributed by atoms with Crippen LogP contribution in [-0.2, 0) is 9.53 Å². The molecule has 3 fully saturated rings. The first-order valence-electron chi connectivity index (χ1n) is 19.9. The zero-order valence-electron chi connectivity index (χ0n) is 32.0. The Balaban J connectivity index is 0.944. The molecule has 8 atom stereocenters. The standard InChI is InChI=1S/C45H57BrO6/c1-27(2)8-7-9-28(3)37-18-19-38-35-16-10-30-24-34(20-22-44(30,5)39(35)21-23-45(37,38)6)51-41(47)26-49-33-15-17-36-40(25-33)50-29(4)43(42(36)48)52-32-13-11-31(46)12-14-32/h10-15,17,25,27-28,34-35,37-39H,7-9,16,18-24,26H2,1-6H3/t28-,34-,35+,37+,38-,39+,44-,45-/m1/s1. The molecule has 4 aliphatic carbocycles. The number of fused-ring (bicyclic) bond motifs is 6. The molecule has 4 aliphatic rings. The van der Waals surface area contributed by atoms with Crippen LogP contribution in [0, 0.1) is 53.3 Å². The number of halogens is 1. The summed E-state index contributed by atoms with van der Waals surface area (Å²) in [4.78, 5) is 26.3. The van der Waals surface area contributed by atoms with Gasteiger partial charge in [0.2, 0.25) is 11.2 Å². The zero-order chi connectivity index (χ0) is 36.8. The lowest BCUT2D eigenvalue weighted by Gasteiger charge is -2.58. The summed E-state index contributed by atoms with van der Waals surface area (Å²) in [5.41, 5.74) is 2.32. The topological polar surface area (TPSA) is 75.0 Å². The van der Waals surface area contributed by atoms with Crippen LogP contribution in [0.5, 0.6) is 17.2 Å². The minimum Gasteiger partial charge on any atom is -0.482 e. The van der Waals surface area contributed by atoms with Crippen molar-refractivity contribution in [2.75, 3.05) is 6.61 Å². The van der Waals surface area contributed by atoms with E-state index in [1.54, 1.807) is 37.3 Å². The van der Waals surface area contributed by atoms with Crippen LogP contribution in [0.4, 0.5) is 0 Å². The van der Waals surface area contributed by atoms with E-state index < -0.39 is 0 Å². The van der Waals surface area contributed by atoms with Crippen LogP contribution < -0.4 is 14.9 Å². The second-order valence-electron chi connectivity index (χ2n) is 17.5. The van der Waals surface area contributed by atoms with Crippen LogP contribution in [0.25, 0.3) is 11.0 Å². The highest BCUT2D eigenvalue weighted by atomic mass is 79.9. The second-order valence-corrected chi connectivity index (χ2v) is 18.4. The molecule has 1 aromatic heterocycles. The van der Waals surface area contributed by atoms with Crippen LogP contribution in [0.1, 0.15) is 111 Å². The molecule has 3 aromatic rings. The minimum atomic E-state index is -0.369. The Bertz CT molecular complexity index is 1860. The number of esters is 1. The fourth-order valence-corrected chi connectivity index (χ4v) is 11.5. The van der Waals surface area contributed by atoms with Gasteiger partial charge < -0.3 is 18.6 Å². The van der Waals surface area contributed by atoms with Crippen LogP contribution in [0.15, 0.2) is 67.8 Å². The molecular weight excluding hydrogens is 716 g/mol. The molecule has 0 spiro atoms. The van der Waals surface area contributed by atoms with Gasteiger partial charge in [-0.2, -0.15) is 0 Å². The summed E-state index contributed by atoms with van der Waals surface area (Å²) in [6.07, 6.45) is 16.1. The number of hydrogen-bond acceptors (Lipinski definition) is 6. The third-order valence-electron chi connectivity index (χ3n) is 13.9. The Morgan fingerprint density at radius 3 is 2.50 bits per heavy atom. The average Bonchev–Trinajstić information content (AvgIpc) is 3.47. The first-order chi connectivity index (χ1) is 24.9. The van der Waals surface area contributed by atoms with Gasteiger partial charge in [-0.1, -0.05) is 81.5 Å². The number of allylic oxidation sites excluding steroid dienone is 1. The second kappa shape index (κ2) is 15.0. The first kappa shape index (κ1) is 37.3. The maximum atomic E-state index is 13.3. The van der Waals surface area contributed by atoms with Crippen molar-refractivity contribution in [3.63, 3.8) is 0 Å². The highest BCUT2D eigenvalue weighted by Gasteiger charge is 2.59. The van der Waals surface area contributed by atoms with E-state index >= 15 is 0 Å². The van der Waals surface area contributed by atoms with Crippen LogP contribution >= 0.6 is 15.9 Å². The van der Waals surface area contributed by atoms with Crippen molar-refractivity contribution in [3.8, 4) is 17.2 Å². The maximum Gasteiger partial charge on any atom is 0.344 e. The van der Waals surface area contributed by atoms with E-state index in [2.05, 4.69) is 56.6 Å². The van der Waals surface area contributed by atoms with E-state index in [1.807, 2.05) is 12.1 Å². The maximum absolute atomic E-state index is 13.3. The third-order valence-corrected chi connectivity index (χ3v) is 14.5. The van der Waals surface area contributed by atoms with E-state index in [0.29, 0.717) is 33.6 Å². The van der Waals surface area contributed by atoms with Gasteiger partial charge in [0.15, 0.2) is 6.61 Å². The predicted molar refractivity (Wildman–Crippen MR) is 210 cm³/mol. The van der Waals surface area contributed by atoms with Gasteiger partial charge in [-0.15, -0.1) is 0 Å². The molecule has 0 aliphatic heterocycles. The van der Waals surface area contributed by atoms with Gasteiger partial charge >= 0.3 is 5.97 Å². The van der Waals surface area contributed by atoms with Crippen LogP contribution in [0.2, 0.25) is 0 Å². The Morgan fingerprint density at radius 1 is 0.962 bits per heavy atom.